The Hall–Kier alpha value is -1.80. The predicted molar refractivity (Wildman–Crippen MR) is 78.2 cm³/mol. The van der Waals surface area contributed by atoms with E-state index in [9.17, 15) is 23.1 Å². The molecule has 1 fully saturated rings. The van der Waals surface area contributed by atoms with Crippen molar-refractivity contribution < 1.29 is 27.8 Å². The van der Waals surface area contributed by atoms with Crippen molar-refractivity contribution in [3.05, 3.63) is 24.3 Å². The highest BCUT2D eigenvalue weighted by Gasteiger charge is 2.40. The van der Waals surface area contributed by atoms with Crippen LogP contribution in [0.3, 0.4) is 0 Å². The van der Waals surface area contributed by atoms with Crippen molar-refractivity contribution in [2.24, 2.45) is 0 Å². The molecule has 128 valence electrons. The van der Waals surface area contributed by atoms with Gasteiger partial charge in [-0.25, -0.2) is 0 Å². The van der Waals surface area contributed by atoms with Gasteiger partial charge in [-0.1, -0.05) is 0 Å². The number of aliphatic hydroxyl groups is 1. The van der Waals surface area contributed by atoms with Gasteiger partial charge in [-0.15, -0.1) is 13.2 Å². The zero-order chi connectivity index (χ0) is 17.1. The predicted octanol–water partition coefficient (Wildman–Crippen LogP) is 2.05. The van der Waals surface area contributed by atoms with Gasteiger partial charge in [0.1, 0.15) is 11.4 Å². The van der Waals surface area contributed by atoms with Gasteiger partial charge in [-0.2, -0.15) is 0 Å². The zero-order valence-corrected chi connectivity index (χ0v) is 12.7. The summed E-state index contributed by atoms with van der Waals surface area (Å²) in [5.74, 6) is -0.795. The molecule has 1 aliphatic rings. The SMILES string of the molecule is CCN(C(=O)C1(O)CCNCC1)c1ccc(OC(F)(F)F)cc1. The molecule has 1 saturated heterocycles. The highest BCUT2D eigenvalue weighted by atomic mass is 19.4. The Morgan fingerprint density at radius 2 is 1.87 bits per heavy atom. The fraction of sp³-hybridized carbons (Fsp3) is 0.533. The third-order valence-corrected chi connectivity index (χ3v) is 3.77. The van der Waals surface area contributed by atoms with E-state index in [-0.39, 0.29) is 5.75 Å². The number of carbonyl (C=O) groups is 1. The molecule has 0 radical (unpaired) electrons. The van der Waals surface area contributed by atoms with Gasteiger partial charge in [0, 0.05) is 12.2 Å². The Balaban J connectivity index is 2.15. The average Bonchev–Trinajstić information content (AvgIpc) is 2.49. The smallest absolute Gasteiger partial charge is 0.406 e. The summed E-state index contributed by atoms with van der Waals surface area (Å²) < 4.78 is 40.3. The fourth-order valence-electron chi connectivity index (χ4n) is 2.58. The molecule has 1 aliphatic heterocycles. The largest absolute Gasteiger partial charge is 0.573 e. The number of carbonyl (C=O) groups excluding carboxylic acids is 1. The van der Waals surface area contributed by atoms with Gasteiger partial charge < -0.3 is 20.1 Å². The highest BCUT2D eigenvalue weighted by molar-refractivity contribution is 5.99. The first-order valence-corrected chi connectivity index (χ1v) is 7.36. The number of hydrogen-bond donors (Lipinski definition) is 2. The van der Waals surface area contributed by atoms with Crippen LogP contribution in [0.1, 0.15) is 19.8 Å². The van der Waals surface area contributed by atoms with Gasteiger partial charge in [0.05, 0.1) is 0 Å². The standard InChI is InChI=1S/C15H19F3N2O3/c1-2-20(13(21)14(22)7-9-19-10-8-14)11-3-5-12(6-4-11)23-15(16,17)18/h3-6,19,22H,2,7-10H2,1H3. The van der Waals surface area contributed by atoms with E-state index in [2.05, 4.69) is 10.1 Å². The lowest BCUT2D eigenvalue weighted by atomic mass is 9.90. The summed E-state index contributed by atoms with van der Waals surface area (Å²) in [5, 5.41) is 13.6. The van der Waals surface area contributed by atoms with Crippen LogP contribution < -0.4 is 15.0 Å². The number of nitrogens with zero attached hydrogens (tertiary/aromatic N) is 1. The number of amides is 1. The molecule has 5 nitrogen and oxygen atoms in total. The van der Waals surface area contributed by atoms with Crippen molar-refractivity contribution in [1.82, 2.24) is 5.32 Å². The molecular weight excluding hydrogens is 313 g/mol. The Bertz CT molecular complexity index is 540. The third-order valence-electron chi connectivity index (χ3n) is 3.77. The summed E-state index contributed by atoms with van der Waals surface area (Å²) in [7, 11) is 0. The van der Waals surface area contributed by atoms with Crippen molar-refractivity contribution in [3.8, 4) is 5.75 Å². The van der Waals surface area contributed by atoms with Crippen LogP contribution in [0.25, 0.3) is 0 Å². The summed E-state index contributed by atoms with van der Waals surface area (Å²) in [6, 6.07) is 5.02. The second kappa shape index (κ2) is 6.76. The number of ether oxygens (including phenoxy) is 1. The van der Waals surface area contributed by atoms with Crippen molar-refractivity contribution in [2.75, 3.05) is 24.5 Å². The number of alkyl halides is 3. The summed E-state index contributed by atoms with van der Waals surface area (Å²) >= 11 is 0. The molecule has 0 saturated carbocycles. The van der Waals surface area contributed by atoms with Gasteiger partial charge >= 0.3 is 6.36 Å². The molecule has 8 heteroatoms. The van der Waals surface area contributed by atoms with E-state index in [1.807, 2.05) is 0 Å². The Morgan fingerprint density at radius 3 is 2.35 bits per heavy atom. The van der Waals surface area contributed by atoms with Gasteiger partial charge in [0.15, 0.2) is 0 Å². The minimum Gasteiger partial charge on any atom is -0.406 e. The molecule has 1 amide bonds. The minimum absolute atomic E-state index is 0.300. The fourth-order valence-corrected chi connectivity index (χ4v) is 2.58. The van der Waals surface area contributed by atoms with Crippen LogP contribution in [0.4, 0.5) is 18.9 Å². The average molecular weight is 332 g/mol. The Labute approximate surface area is 132 Å². The summed E-state index contributed by atoms with van der Waals surface area (Å²) in [6.45, 7) is 3.12. The lowest BCUT2D eigenvalue weighted by Gasteiger charge is -2.35. The second-order valence-electron chi connectivity index (χ2n) is 5.37. The molecule has 1 aromatic carbocycles. The monoisotopic (exact) mass is 332 g/mol. The lowest BCUT2D eigenvalue weighted by molar-refractivity contribution is -0.274. The summed E-state index contributed by atoms with van der Waals surface area (Å²) in [5.41, 5.74) is -1.03. The third kappa shape index (κ3) is 4.35. The van der Waals surface area contributed by atoms with Crippen LogP contribution in [0.2, 0.25) is 0 Å². The van der Waals surface area contributed by atoms with Crippen LogP contribution >= 0.6 is 0 Å². The van der Waals surface area contributed by atoms with Crippen LogP contribution in [0.5, 0.6) is 5.75 Å². The van der Waals surface area contributed by atoms with Crippen LogP contribution in [0.15, 0.2) is 24.3 Å². The maximum atomic E-state index is 12.6. The van der Waals surface area contributed by atoms with Crippen molar-refractivity contribution in [3.63, 3.8) is 0 Å². The van der Waals surface area contributed by atoms with E-state index in [0.29, 0.717) is 38.2 Å². The highest BCUT2D eigenvalue weighted by Crippen LogP contribution is 2.28. The normalized spacial score (nSPS) is 17.6. The van der Waals surface area contributed by atoms with E-state index in [0.717, 1.165) is 12.1 Å². The number of anilines is 1. The molecule has 0 unspecified atom stereocenters. The number of halogens is 3. The maximum absolute atomic E-state index is 12.6. The molecule has 2 N–H and O–H groups in total. The lowest BCUT2D eigenvalue weighted by Crippen LogP contribution is -2.54. The van der Waals surface area contributed by atoms with E-state index in [4.69, 9.17) is 0 Å². The molecule has 1 aromatic rings. The van der Waals surface area contributed by atoms with Crippen LogP contribution in [0, 0.1) is 0 Å². The van der Waals surface area contributed by atoms with Crippen LogP contribution in [-0.2, 0) is 4.79 Å². The molecule has 0 aliphatic carbocycles. The second-order valence-corrected chi connectivity index (χ2v) is 5.37. The number of rotatable bonds is 4. The number of nitrogens with one attached hydrogen (secondary N) is 1. The molecule has 0 aromatic heterocycles. The van der Waals surface area contributed by atoms with Crippen molar-refractivity contribution >= 4 is 11.6 Å². The van der Waals surface area contributed by atoms with E-state index >= 15 is 0 Å². The van der Waals surface area contributed by atoms with Crippen molar-refractivity contribution in [2.45, 2.75) is 31.7 Å². The van der Waals surface area contributed by atoms with Crippen molar-refractivity contribution in [1.29, 1.82) is 0 Å². The number of likely N-dealkylation sites (N-methyl/N-ethyl adjacent to an activating group) is 1. The van der Waals surface area contributed by atoms with E-state index in [1.54, 1.807) is 6.92 Å². The first-order chi connectivity index (χ1) is 10.7. The first kappa shape index (κ1) is 17.6. The maximum Gasteiger partial charge on any atom is 0.573 e. The summed E-state index contributed by atoms with van der Waals surface area (Å²) in [6.07, 6.45) is -4.15. The summed E-state index contributed by atoms with van der Waals surface area (Å²) in [4.78, 5) is 14.0. The molecule has 0 spiro atoms. The number of benzene rings is 1. The van der Waals surface area contributed by atoms with E-state index in [1.165, 1.54) is 17.0 Å². The molecular formula is C15H19F3N2O3. The Kier molecular flexibility index (Phi) is 5.16. The quantitative estimate of drug-likeness (QED) is 0.886. The van der Waals surface area contributed by atoms with Gasteiger partial charge in [0.2, 0.25) is 0 Å². The van der Waals surface area contributed by atoms with Crippen LogP contribution in [-0.4, -0.2) is 42.6 Å². The molecule has 2 rings (SSSR count). The Morgan fingerprint density at radius 1 is 1.30 bits per heavy atom. The zero-order valence-electron chi connectivity index (χ0n) is 12.7. The topological polar surface area (TPSA) is 61.8 Å². The molecule has 0 atom stereocenters. The number of hydrogen-bond acceptors (Lipinski definition) is 4. The minimum atomic E-state index is -4.76. The molecule has 23 heavy (non-hydrogen) atoms. The van der Waals surface area contributed by atoms with Gasteiger partial charge in [-0.3, -0.25) is 4.79 Å². The van der Waals surface area contributed by atoms with Gasteiger partial charge in [0.25, 0.3) is 5.91 Å². The number of piperidine rings is 1. The van der Waals surface area contributed by atoms with E-state index < -0.39 is 17.9 Å². The molecule has 0 bridgehead atoms. The molecule has 1 heterocycles. The van der Waals surface area contributed by atoms with Gasteiger partial charge in [-0.05, 0) is 57.1 Å². The first-order valence-electron chi connectivity index (χ1n) is 7.36.